The van der Waals surface area contributed by atoms with Crippen molar-refractivity contribution in [1.29, 1.82) is 0 Å². The van der Waals surface area contributed by atoms with Gasteiger partial charge in [0.15, 0.2) is 6.10 Å². The lowest BCUT2D eigenvalue weighted by atomic mass is 10.1. The average Bonchev–Trinajstić information content (AvgIpc) is 3.14. The molecule has 0 saturated heterocycles. The molecule has 0 unspecified atom stereocenters. The molecule has 0 aliphatic rings. The minimum absolute atomic E-state index is 0.155. The molecule has 0 fully saturated rings. The molecule has 0 bridgehead atoms. The highest BCUT2D eigenvalue weighted by atomic mass is 31.2. The van der Waals surface area contributed by atoms with Crippen LogP contribution in [0.1, 0.15) is 142 Å². The summed E-state index contributed by atoms with van der Waals surface area (Å²) in [6.07, 6.45) is 55.2. The van der Waals surface area contributed by atoms with E-state index < -0.39 is 32.5 Å². The van der Waals surface area contributed by atoms with Gasteiger partial charge in [-0.05, 0) is 96.3 Å². The first-order valence-corrected chi connectivity index (χ1v) is 21.7. The van der Waals surface area contributed by atoms with Gasteiger partial charge in [-0.15, -0.1) is 0 Å². The molecule has 0 amide bonds. The summed E-state index contributed by atoms with van der Waals surface area (Å²) in [6.45, 7) is 3.44. The Morgan fingerprint density at radius 1 is 0.500 bits per heavy atom. The molecule has 0 saturated carbocycles. The second-order valence-corrected chi connectivity index (χ2v) is 14.1. The average molecular weight is 771 g/mol. The number of ether oxygens (including phenoxy) is 2. The first-order chi connectivity index (χ1) is 26.3. The second-order valence-electron chi connectivity index (χ2n) is 12.9. The first kappa shape index (κ1) is 50.7. The van der Waals surface area contributed by atoms with Crippen LogP contribution in [-0.4, -0.2) is 41.0 Å². The fourth-order valence-electron chi connectivity index (χ4n) is 4.80. The SMILES string of the molecule is CC/C=C/C/C=C/C/C=C/C/C=C/C/C=C/CCCC(=O)OC[C@H](COP(=O)(O)O)OC(=O)CCCCC/C=C/C/C=C/C/C=C/C/C=C/CCCCC. The molecule has 1 atom stereocenters. The van der Waals surface area contributed by atoms with E-state index >= 15 is 0 Å². The van der Waals surface area contributed by atoms with Crippen molar-refractivity contribution in [2.75, 3.05) is 13.2 Å². The first-order valence-electron chi connectivity index (χ1n) is 20.2. The van der Waals surface area contributed by atoms with Crippen molar-refractivity contribution in [1.82, 2.24) is 0 Å². The lowest BCUT2D eigenvalue weighted by Crippen LogP contribution is -2.29. The lowest BCUT2D eigenvalue weighted by molar-refractivity contribution is -0.161. The third-order valence-electron chi connectivity index (χ3n) is 7.78. The van der Waals surface area contributed by atoms with E-state index in [-0.39, 0.29) is 19.4 Å². The number of phosphoric acid groups is 1. The van der Waals surface area contributed by atoms with E-state index in [1.54, 1.807) is 0 Å². The van der Waals surface area contributed by atoms with Crippen LogP contribution in [0.4, 0.5) is 0 Å². The standard InChI is InChI=1S/C45H71O8P/c1-3-5-7-9-11-13-15-17-19-21-22-24-26-28-30-32-34-36-38-40-45(47)53-43(42-52-54(48,49)50)41-51-44(46)39-37-35-33-31-29-27-25-23-20-18-16-14-12-10-8-6-4-2/h6,8,11-14,17-20,22,24-25,27-28,30-31,33,43H,3-5,7,9-10,15-16,21,23,26,29,32,34-42H2,1-2H3,(H2,48,49,50)/b8-6+,13-11+,14-12+,19-17+,20-18+,24-22+,27-25+,30-28+,33-31+/t43-/m1/s1. The number of allylic oxidation sites excluding steroid dienone is 18. The Morgan fingerprint density at radius 3 is 1.35 bits per heavy atom. The van der Waals surface area contributed by atoms with Gasteiger partial charge in [0.2, 0.25) is 0 Å². The summed E-state index contributed by atoms with van der Waals surface area (Å²) in [7, 11) is -4.78. The Balaban J connectivity index is 4.14. The smallest absolute Gasteiger partial charge is 0.462 e. The van der Waals surface area contributed by atoms with Crippen molar-refractivity contribution in [2.24, 2.45) is 0 Å². The van der Waals surface area contributed by atoms with Crippen molar-refractivity contribution in [3.05, 3.63) is 109 Å². The second kappa shape index (κ2) is 39.4. The largest absolute Gasteiger partial charge is 0.469 e. The van der Waals surface area contributed by atoms with Gasteiger partial charge in [-0.3, -0.25) is 14.1 Å². The molecule has 0 rings (SSSR count). The van der Waals surface area contributed by atoms with Crippen LogP contribution in [0.2, 0.25) is 0 Å². The van der Waals surface area contributed by atoms with E-state index in [0.29, 0.717) is 19.3 Å². The molecule has 9 heteroatoms. The number of hydrogen-bond donors (Lipinski definition) is 2. The Morgan fingerprint density at radius 2 is 0.907 bits per heavy atom. The van der Waals surface area contributed by atoms with E-state index in [2.05, 4.69) is 122 Å². The topological polar surface area (TPSA) is 119 Å². The van der Waals surface area contributed by atoms with E-state index in [4.69, 9.17) is 19.3 Å². The number of rotatable bonds is 35. The Kier molecular flexibility index (Phi) is 37.0. The predicted molar refractivity (Wildman–Crippen MR) is 225 cm³/mol. The highest BCUT2D eigenvalue weighted by Crippen LogP contribution is 2.36. The van der Waals surface area contributed by atoms with Gasteiger partial charge in [-0.1, -0.05) is 142 Å². The van der Waals surface area contributed by atoms with Gasteiger partial charge >= 0.3 is 19.8 Å². The van der Waals surface area contributed by atoms with Crippen LogP contribution < -0.4 is 0 Å². The molecule has 2 N–H and O–H groups in total. The van der Waals surface area contributed by atoms with Gasteiger partial charge in [0.1, 0.15) is 6.61 Å². The number of hydrogen-bond acceptors (Lipinski definition) is 6. The van der Waals surface area contributed by atoms with E-state index in [0.717, 1.165) is 70.6 Å². The van der Waals surface area contributed by atoms with Crippen molar-refractivity contribution >= 4 is 19.8 Å². The van der Waals surface area contributed by atoms with Crippen molar-refractivity contribution in [3.8, 4) is 0 Å². The number of phosphoric ester groups is 1. The van der Waals surface area contributed by atoms with Gasteiger partial charge in [0, 0.05) is 12.8 Å². The van der Waals surface area contributed by atoms with Crippen LogP contribution in [0, 0.1) is 0 Å². The molecule has 0 aromatic heterocycles. The van der Waals surface area contributed by atoms with E-state index in [9.17, 15) is 14.2 Å². The molecule has 0 aliphatic heterocycles. The van der Waals surface area contributed by atoms with E-state index in [1.165, 1.54) is 25.7 Å². The Hall–Kier alpha value is -3.29. The summed E-state index contributed by atoms with van der Waals surface area (Å²) in [5.74, 6) is -1.00. The van der Waals surface area contributed by atoms with Gasteiger partial charge in [0.05, 0.1) is 6.61 Å². The van der Waals surface area contributed by atoms with Crippen LogP contribution in [0.5, 0.6) is 0 Å². The zero-order chi connectivity index (χ0) is 39.6. The van der Waals surface area contributed by atoms with Crippen LogP contribution in [0.25, 0.3) is 0 Å². The molecule has 0 aliphatic carbocycles. The summed E-state index contributed by atoms with van der Waals surface area (Å²) in [5.41, 5.74) is 0. The molecular formula is C45H71O8P. The molecule has 0 radical (unpaired) electrons. The number of esters is 2. The normalized spacial score (nSPS) is 13.6. The lowest BCUT2D eigenvalue weighted by Gasteiger charge is -2.18. The molecular weight excluding hydrogens is 699 g/mol. The Bertz CT molecular complexity index is 1230. The predicted octanol–water partition coefficient (Wildman–Crippen LogP) is 12.4. The van der Waals surface area contributed by atoms with Crippen LogP contribution in [-0.2, 0) is 28.2 Å². The van der Waals surface area contributed by atoms with Crippen LogP contribution >= 0.6 is 7.82 Å². The molecule has 304 valence electrons. The summed E-state index contributed by atoms with van der Waals surface area (Å²) in [4.78, 5) is 42.8. The van der Waals surface area contributed by atoms with Gasteiger partial charge in [0.25, 0.3) is 0 Å². The maximum atomic E-state index is 12.4. The van der Waals surface area contributed by atoms with E-state index in [1.807, 2.05) is 6.08 Å². The highest BCUT2D eigenvalue weighted by molar-refractivity contribution is 7.46. The number of carbonyl (C=O) groups excluding carboxylic acids is 2. The fourth-order valence-corrected chi connectivity index (χ4v) is 5.16. The summed E-state index contributed by atoms with van der Waals surface area (Å²) >= 11 is 0. The fraction of sp³-hybridized carbons (Fsp3) is 0.556. The summed E-state index contributed by atoms with van der Waals surface area (Å²) < 4.78 is 26.3. The maximum absolute atomic E-state index is 12.4. The van der Waals surface area contributed by atoms with Crippen molar-refractivity contribution in [3.63, 3.8) is 0 Å². The minimum atomic E-state index is -4.78. The minimum Gasteiger partial charge on any atom is -0.462 e. The molecule has 54 heavy (non-hydrogen) atoms. The van der Waals surface area contributed by atoms with Crippen LogP contribution in [0.15, 0.2) is 109 Å². The van der Waals surface area contributed by atoms with Crippen molar-refractivity contribution in [2.45, 2.75) is 148 Å². The molecule has 0 aromatic carbocycles. The molecule has 0 spiro atoms. The zero-order valence-electron chi connectivity index (χ0n) is 33.3. The summed E-state index contributed by atoms with van der Waals surface area (Å²) in [6, 6.07) is 0. The van der Waals surface area contributed by atoms with Gasteiger partial charge in [-0.2, -0.15) is 0 Å². The third-order valence-corrected chi connectivity index (χ3v) is 8.26. The van der Waals surface area contributed by atoms with Gasteiger partial charge in [-0.25, -0.2) is 4.57 Å². The molecule has 8 nitrogen and oxygen atoms in total. The number of carbonyl (C=O) groups is 2. The molecule has 0 aromatic rings. The quantitative estimate of drug-likeness (QED) is 0.0283. The zero-order valence-corrected chi connectivity index (χ0v) is 34.2. The Labute approximate surface area is 327 Å². The monoisotopic (exact) mass is 770 g/mol. The maximum Gasteiger partial charge on any atom is 0.469 e. The molecule has 0 heterocycles. The highest BCUT2D eigenvalue weighted by Gasteiger charge is 2.22. The number of unbranched alkanes of at least 4 members (excludes halogenated alkanes) is 7. The van der Waals surface area contributed by atoms with Crippen LogP contribution in [0.3, 0.4) is 0 Å². The third kappa shape index (κ3) is 41.5. The van der Waals surface area contributed by atoms with Gasteiger partial charge < -0.3 is 19.3 Å². The summed E-state index contributed by atoms with van der Waals surface area (Å²) in [5, 5.41) is 0. The van der Waals surface area contributed by atoms with Crippen molar-refractivity contribution < 1.29 is 37.9 Å².